The van der Waals surface area contributed by atoms with Crippen molar-refractivity contribution < 1.29 is 27.1 Å². The molecule has 20 heavy (non-hydrogen) atoms. The summed E-state index contributed by atoms with van der Waals surface area (Å²) in [4.78, 5) is 10.9. The average molecular weight is 326 g/mol. The van der Waals surface area contributed by atoms with Gasteiger partial charge in [0.05, 0.1) is 12.2 Å². The zero-order valence-electron chi connectivity index (χ0n) is 10.7. The summed E-state index contributed by atoms with van der Waals surface area (Å²) >= 11 is 5.65. The van der Waals surface area contributed by atoms with Crippen LogP contribution in [0.5, 0.6) is 0 Å². The van der Waals surface area contributed by atoms with Crippen LogP contribution in [-0.4, -0.2) is 34.2 Å². The van der Waals surface area contributed by atoms with E-state index in [9.17, 15) is 17.6 Å². The third kappa shape index (κ3) is 4.14. The summed E-state index contributed by atoms with van der Waals surface area (Å²) in [5.74, 6) is -2.36. The van der Waals surface area contributed by atoms with Gasteiger partial charge in [0.2, 0.25) is 10.0 Å². The third-order valence-electron chi connectivity index (χ3n) is 2.24. The van der Waals surface area contributed by atoms with E-state index >= 15 is 0 Å². The van der Waals surface area contributed by atoms with E-state index in [1.54, 1.807) is 0 Å². The molecule has 0 radical (unpaired) electrons. The third-order valence-corrected chi connectivity index (χ3v) is 3.37. The number of halogens is 2. The first-order valence-corrected chi connectivity index (χ1v) is 7.31. The highest BCUT2D eigenvalue weighted by Crippen LogP contribution is 2.23. The lowest BCUT2D eigenvalue weighted by atomic mass is 10.2. The summed E-state index contributed by atoms with van der Waals surface area (Å²) in [6, 6.07) is 1.79. The highest BCUT2D eigenvalue weighted by atomic mass is 35.5. The van der Waals surface area contributed by atoms with Crippen LogP contribution in [-0.2, 0) is 19.5 Å². The van der Waals surface area contributed by atoms with E-state index in [4.69, 9.17) is 26.2 Å². The number of hydrogen-bond donors (Lipinski definition) is 1. The van der Waals surface area contributed by atoms with Crippen molar-refractivity contribution in [1.29, 1.82) is 0 Å². The van der Waals surface area contributed by atoms with Gasteiger partial charge in [-0.05, 0) is 19.1 Å². The maximum absolute atomic E-state index is 14.0. The van der Waals surface area contributed by atoms with Crippen molar-refractivity contribution in [3.63, 3.8) is 0 Å². The Balaban J connectivity index is 3.19. The molecule has 0 saturated carbocycles. The van der Waals surface area contributed by atoms with Crippen molar-refractivity contribution in [2.75, 3.05) is 13.7 Å². The molecule has 0 fully saturated rings. The molecule has 0 saturated heterocycles. The lowest BCUT2D eigenvalue weighted by molar-refractivity contribution is 0.0115. The number of ether oxygens (including phenoxy) is 2. The summed E-state index contributed by atoms with van der Waals surface area (Å²) in [6.45, 7) is 1.64. The molecule has 0 heterocycles. The molecule has 112 valence electrons. The normalized spacial score (nSPS) is 13.1. The van der Waals surface area contributed by atoms with Crippen LogP contribution in [0, 0.1) is 5.82 Å². The molecule has 0 aliphatic heterocycles. The van der Waals surface area contributed by atoms with Gasteiger partial charge in [-0.3, -0.25) is 0 Å². The number of methoxy groups -OCH3 is 1. The molecule has 0 aliphatic carbocycles. The van der Waals surface area contributed by atoms with Gasteiger partial charge in [-0.2, -0.15) is 0 Å². The predicted molar refractivity (Wildman–Crippen MR) is 69.5 cm³/mol. The van der Waals surface area contributed by atoms with E-state index in [1.807, 2.05) is 0 Å². The number of sulfonamides is 1. The highest BCUT2D eigenvalue weighted by molar-refractivity contribution is 7.89. The molecule has 0 aliphatic rings. The molecule has 6 nitrogen and oxygen atoms in total. The Morgan fingerprint density at radius 2 is 2.10 bits per heavy atom. The maximum atomic E-state index is 14.0. The van der Waals surface area contributed by atoms with Gasteiger partial charge >= 0.3 is 5.97 Å². The number of hydrogen-bond acceptors (Lipinski definition) is 5. The second kappa shape index (κ2) is 6.49. The summed E-state index contributed by atoms with van der Waals surface area (Å²) in [7, 11) is -2.94. The maximum Gasteiger partial charge on any atom is 0.341 e. The summed E-state index contributed by atoms with van der Waals surface area (Å²) in [6.07, 6.45) is -0.635. The zero-order valence-corrected chi connectivity index (χ0v) is 12.3. The molecular weight excluding hydrogens is 313 g/mol. The SMILES string of the molecule is COCC(C)OC(=O)c1cc(Cl)cc(S(N)(=O)=O)c1F. The molecule has 2 N–H and O–H groups in total. The molecule has 0 bridgehead atoms. The molecule has 0 amide bonds. The van der Waals surface area contributed by atoms with Crippen molar-refractivity contribution in [2.45, 2.75) is 17.9 Å². The van der Waals surface area contributed by atoms with Crippen LogP contribution in [0.4, 0.5) is 4.39 Å². The Bertz CT molecular complexity index is 619. The minimum absolute atomic E-state index is 0.107. The van der Waals surface area contributed by atoms with Crippen LogP contribution in [0.2, 0.25) is 5.02 Å². The van der Waals surface area contributed by atoms with Gasteiger partial charge < -0.3 is 9.47 Å². The topological polar surface area (TPSA) is 95.7 Å². The second-order valence-electron chi connectivity index (χ2n) is 3.98. The van der Waals surface area contributed by atoms with Gasteiger partial charge in [0.15, 0.2) is 5.82 Å². The molecule has 1 aromatic rings. The fourth-order valence-corrected chi connectivity index (χ4v) is 2.37. The number of primary sulfonamides is 1. The van der Waals surface area contributed by atoms with E-state index in [-0.39, 0.29) is 11.6 Å². The quantitative estimate of drug-likeness (QED) is 0.824. The number of nitrogens with two attached hydrogens (primary N) is 1. The van der Waals surface area contributed by atoms with E-state index in [1.165, 1.54) is 14.0 Å². The number of rotatable bonds is 5. The van der Waals surface area contributed by atoms with Gasteiger partial charge in [0.1, 0.15) is 11.0 Å². The van der Waals surface area contributed by atoms with Crippen LogP contribution < -0.4 is 5.14 Å². The van der Waals surface area contributed by atoms with Crippen molar-refractivity contribution in [1.82, 2.24) is 0 Å². The second-order valence-corrected chi connectivity index (χ2v) is 5.95. The fourth-order valence-electron chi connectivity index (χ4n) is 1.43. The van der Waals surface area contributed by atoms with Crippen molar-refractivity contribution in [2.24, 2.45) is 5.14 Å². The minimum Gasteiger partial charge on any atom is -0.457 e. The minimum atomic E-state index is -4.34. The molecule has 1 rings (SSSR count). The van der Waals surface area contributed by atoms with Crippen molar-refractivity contribution in [3.8, 4) is 0 Å². The number of esters is 1. The Morgan fingerprint density at radius 3 is 2.60 bits per heavy atom. The molecular formula is C11H13ClFNO5S. The van der Waals surface area contributed by atoms with Crippen LogP contribution in [0.15, 0.2) is 17.0 Å². The lowest BCUT2D eigenvalue weighted by Gasteiger charge is -2.13. The fraction of sp³-hybridized carbons (Fsp3) is 0.364. The van der Waals surface area contributed by atoms with Crippen LogP contribution in [0.1, 0.15) is 17.3 Å². The van der Waals surface area contributed by atoms with Crippen molar-refractivity contribution in [3.05, 3.63) is 28.5 Å². The van der Waals surface area contributed by atoms with E-state index in [0.717, 1.165) is 12.1 Å². The zero-order chi connectivity index (χ0) is 15.5. The van der Waals surface area contributed by atoms with E-state index in [0.29, 0.717) is 0 Å². The monoisotopic (exact) mass is 325 g/mol. The smallest absolute Gasteiger partial charge is 0.341 e. The molecule has 9 heteroatoms. The molecule has 1 aromatic carbocycles. The number of benzene rings is 1. The summed E-state index contributed by atoms with van der Waals surface area (Å²) in [5.41, 5.74) is -0.607. The van der Waals surface area contributed by atoms with Gasteiger partial charge in [-0.15, -0.1) is 0 Å². The standard InChI is InChI=1S/C11H13ClFNO5S/c1-6(5-18-2)19-11(15)8-3-7(12)4-9(10(8)13)20(14,16)17/h3-4,6H,5H2,1-2H3,(H2,14,16,17). The molecule has 1 atom stereocenters. The highest BCUT2D eigenvalue weighted by Gasteiger charge is 2.24. The Morgan fingerprint density at radius 1 is 1.50 bits per heavy atom. The first kappa shape index (κ1) is 16.8. The first-order valence-electron chi connectivity index (χ1n) is 5.38. The first-order chi connectivity index (χ1) is 9.16. The summed E-state index contributed by atoms with van der Waals surface area (Å²) < 4.78 is 46.1. The summed E-state index contributed by atoms with van der Waals surface area (Å²) in [5, 5.41) is 4.69. The largest absolute Gasteiger partial charge is 0.457 e. The van der Waals surface area contributed by atoms with Crippen LogP contribution in [0.3, 0.4) is 0 Å². The Labute approximate surface area is 120 Å². The predicted octanol–water partition coefficient (Wildman–Crippen LogP) is 1.32. The molecule has 0 spiro atoms. The van der Waals surface area contributed by atoms with Gasteiger partial charge in [0, 0.05) is 12.1 Å². The van der Waals surface area contributed by atoms with Crippen LogP contribution in [0.25, 0.3) is 0 Å². The van der Waals surface area contributed by atoms with Gasteiger partial charge in [-0.25, -0.2) is 22.7 Å². The number of carbonyl (C=O) groups is 1. The molecule has 0 aromatic heterocycles. The average Bonchev–Trinajstić information content (AvgIpc) is 2.30. The van der Waals surface area contributed by atoms with Crippen molar-refractivity contribution >= 4 is 27.6 Å². The van der Waals surface area contributed by atoms with E-state index < -0.39 is 38.4 Å². The van der Waals surface area contributed by atoms with E-state index in [2.05, 4.69) is 0 Å². The van der Waals surface area contributed by atoms with Gasteiger partial charge in [-0.1, -0.05) is 11.6 Å². The Kier molecular flexibility index (Phi) is 5.46. The Hall–Kier alpha value is -1.22. The number of carbonyl (C=O) groups excluding carboxylic acids is 1. The molecule has 1 unspecified atom stereocenters. The van der Waals surface area contributed by atoms with Gasteiger partial charge in [0.25, 0.3) is 0 Å². The van der Waals surface area contributed by atoms with Crippen LogP contribution >= 0.6 is 11.6 Å². The lowest BCUT2D eigenvalue weighted by Crippen LogP contribution is -2.22.